The summed E-state index contributed by atoms with van der Waals surface area (Å²) in [5.41, 5.74) is 2.16. The quantitative estimate of drug-likeness (QED) is 0.784. The highest BCUT2D eigenvalue weighted by Gasteiger charge is 2.18. The molecule has 0 spiro atoms. The molecule has 28 heavy (non-hydrogen) atoms. The van der Waals surface area contributed by atoms with Gasteiger partial charge in [-0.2, -0.15) is 0 Å². The van der Waals surface area contributed by atoms with Crippen molar-refractivity contribution in [2.45, 2.75) is 26.2 Å². The zero-order valence-corrected chi connectivity index (χ0v) is 16.8. The Bertz CT molecular complexity index is 853. The van der Waals surface area contributed by atoms with Crippen LogP contribution in [0.3, 0.4) is 0 Å². The van der Waals surface area contributed by atoms with E-state index in [0.717, 1.165) is 24.0 Å². The van der Waals surface area contributed by atoms with E-state index in [1.165, 1.54) is 0 Å². The summed E-state index contributed by atoms with van der Waals surface area (Å²) >= 11 is 6.04. The molecular formula is C22H25ClN2O3. The molecule has 0 aromatic heterocycles. The van der Waals surface area contributed by atoms with Crippen LogP contribution in [0.5, 0.6) is 5.75 Å². The van der Waals surface area contributed by atoms with E-state index in [1.54, 1.807) is 18.2 Å². The molecule has 1 N–H and O–H groups in total. The molecule has 6 heteroatoms. The molecule has 1 aliphatic heterocycles. The zero-order valence-electron chi connectivity index (χ0n) is 16.0. The predicted molar refractivity (Wildman–Crippen MR) is 110 cm³/mol. The lowest BCUT2D eigenvalue weighted by molar-refractivity contribution is 0.0742. The number of carbonyl (C=O) groups is 2. The highest BCUT2D eigenvalue weighted by Crippen LogP contribution is 2.23. The van der Waals surface area contributed by atoms with Crippen molar-refractivity contribution in [1.82, 2.24) is 10.2 Å². The molecule has 0 fully saturated rings. The molecule has 0 radical (unpaired) electrons. The first-order valence-electron chi connectivity index (χ1n) is 9.62. The van der Waals surface area contributed by atoms with Crippen LogP contribution in [0.15, 0.2) is 42.5 Å². The summed E-state index contributed by atoms with van der Waals surface area (Å²) in [6, 6.07) is 12.7. The third-order valence-corrected chi connectivity index (χ3v) is 5.05. The molecule has 0 aliphatic carbocycles. The Kier molecular flexibility index (Phi) is 6.93. The first-order chi connectivity index (χ1) is 13.6. The summed E-state index contributed by atoms with van der Waals surface area (Å²) in [4.78, 5) is 27.3. The van der Waals surface area contributed by atoms with Crippen molar-refractivity contribution >= 4 is 23.4 Å². The summed E-state index contributed by atoms with van der Waals surface area (Å²) in [6.07, 6.45) is 2.29. The maximum Gasteiger partial charge on any atom is 0.255 e. The van der Waals surface area contributed by atoms with Crippen LogP contribution in [-0.2, 0) is 0 Å². The van der Waals surface area contributed by atoms with Gasteiger partial charge < -0.3 is 15.0 Å². The van der Waals surface area contributed by atoms with Crippen molar-refractivity contribution in [1.29, 1.82) is 0 Å². The van der Waals surface area contributed by atoms with E-state index in [1.807, 2.05) is 36.1 Å². The van der Waals surface area contributed by atoms with E-state index in [2.05, 4.69) is 5.32 Å². The molecule has 0 saturated carbocycles. The molecule has 2 amide bonds. The fourth-order valence-corrected chi connectivity index (χ4v) is 3.44. The first kappa shape index (κ1) is 20.2. The number of halogens is 1. The molecule has 1 aliphatic rings. The van der Waals surface area contributed by atoms with Crippen LogP contribution < -0.4 is 10.1 Å². The van der Waals surface area contributed by atoms with Gasteiger partial charge in [0, 0.05) is 30.2 Å². The van der Waals surface area contributed by atoms with E-state index < -0.39 is 0 Å². The van der Waals surface area contributed by atoms with Gasteiger partial charge >= 0.3 is 0 Å². The van der Waals surface area contributed by atoms with Gasteiger partial charge in [0.2, 0.25) is 0 Å². The lowest BCUT2D eigenvalue weighted by Crippen LogP contribution is -2.34. The molecular weight excluding hydrogens is 376 g/mol. The number of carbonyl (C=O) groups excluding carboxylic acids is 2. The number of rotatable bonds is 1. The van der Waals surface area contributed by atoms with Gasteiger partial charge in [-0.25, -0.2) is 0 Å². The number of fused-ring (bicyclic) bond motifs is 1. The SMILES string of the molecule is Cc1ccccc1C(=O)N1CCCCNC(=O)c2cc(Cl)ccc2OCCC1. The van der Waals surface area contributed by atoms with Crippen molar-refractivity contribution in [2.75, 3.05) is 26.2 Å². The molecule has 0 saturated heterocycles. The van der Waals surface area contributed by atoms with E-state index in [0.29, 0.717) is 49.0 Å². The fourth-order valence-electron chi connectivity index (χ4n) is 3.27. The van der Waals surface area contributed by atoms with Crippen molar-refractivity contribution in [3.8, 4) is 5.75 Å². The monoisotopic (exact) mass is 400 g/mol. The van der Waals surface area contributed by atoms with Crippen LogP contribution in [0.4, 0.5) is 0 Å². The van der Waals surface area contributed by atoms with Gasteiger partial charge in [0.15, 0.2) is 0 Å². The van der Waals surface area contributed by atoms with Crippen LogP contribution in [0.1, 0.15) is 45.5 Å². The van der Waals surface area contributed by atoms with Crippen molar-refractivity contribution in [3.05, 3.63) is 64.2 Å². The van der Waals surface area contributed by atoms with Crippen LogP contribution in [0.2, 0.25) is 5.02 Å². The fraction of sp³-hybridized carbons (Fsp3) is 0.364. The number of nitrogens with one attached hydrogen (secondary N) is 1. The molecule has 2 aromatic carbocycles. The number of benzene rings is 2. The summed E-state index contributed by atoms with van der Waals surface area (Å²) in [6.45, 7) is 4.17. The molecule has 0 unspecified atom stereocenters. The summed E-state index contributed by atoms with van der Waals surface area (Å²) < 4.78 is 5.83. The normalized spacial score (nSPS) is 15.9. The Morgan fingerprint density at radius 2 is 1.89 bits per heavy atom. The van der Waals surface area contributed by atoms with Gasteiger partial charge in [-0.3, -0.25) is 9.59 Å². The molecule has 3 rings (SSSR count). The van der Waals surface area contributed by atoms with Gasteiger partial charge in [-0.15, -0.1) is 0 Å². The van der Waals surface area contributed by atoms with Gasteiger partial charge in [0.25, 0.3) is 11.8 Å². The van der Waals surface area contributed by atoms with Gasteiger partial charge in [-0.1, -0.05) is 29.8 Å². The summed E-state index contributed by atoms with van der Waals surface area (Å²) in [5.74, 6) is 0.367. The third kappa shape index (κ3) is 5.04. The largest absolute Gasteiger partial charge is 0.493 e. The van der Waals surface area contributed by atoms with Gasteiger partial charge in [-0.05, 0) is 56.0 Å². The Balaban J connectivity index is 1.73. The molecule has 148 valence electrons. The van der Waals surface area contributed by atoms with Crippen LogP contribution in [0.25, 0.3) is 0 Å². The first-order valence-corrected chi connectivity index (χ1v) is 9.99. The maximum atomic E-state index is 13.0. The van der Waals surface area contributed by atoms with Crippen molar-refractivity contribution in [3.63, 3.8) is 0 Å². The average molecular weight is 401 g/mol. The minimum Gasteiger partial charge on any atom is -0.493 e. The molecule has 1 heterocycles. The number of nitrogens with zero attached hydrogens (tertiary/aromatic N) is 1. The molecule has 0 atom stereocenters. The predicted octanol–water partition coefficient (Wildman–Crippen LogP) is 4.08. The second kappa shape index (κ2) is 9.60. The Morgan fingerprint density at radius 3 is 2.71 bits per heavy atom. The second-order valence-electron chi connectivity index (χ2n) is 6.91. The molecule has 0 bridgehead atoms. The minimum atomic E-state index is -0.190. The minimum absolute atomic E-state index is 0.0455. The second-order valence-corrected chi connectivity index (χ2v) is 7.35. The van der Waals surface area contributed by atoms with Crippen molar-refractivity contribution < 1.29 is 14.3 Å². The Hall–Kier alpha value is -2.53. The highest BCUT2D eigenvalue weighted by atomic mass is 35.5. The van der Waals surface area contributed by atoms with Crippen molar-refractivity contribution in [2.24, 2.45) is 0 Å². The standard InChI is InChI=1S/C22H25ClN2O3/c1-16-7-2-3-8-18(16)22(27)25-12-5-4-11-24-21(26)19-15-17(23)9-10-20(19)28-14-6-13-25/h2-3,7-10,15H,4-6,11-14H2,1H3,(H,24,26). The number of aryl methyl sites for hydroxylation is 1. The number of amides is 2. The van der Waals surface area contributed by atoms with E-state index in [9.17, 15) is 9.59 Å². The average Bonchev–Trinajstić information content (AvgIpc) is 2.70. The Labute approximate surface area is 170 Å². The van der Waals surface area contributed by atoms with Crippen LogP contribution in [-0.4, -0.2) is 43.0 Å². The topological polar surface area (TPSA) is 58.6 Å². The Morgan fingerprint density at radius 1 is 1.11 bits per heavy atom. The smallest absolute Gasteiger partial charge is 0.255 e. The number of ether oxygens (including phenoxy) is 1. The zero-order chi connectivity index (χ0) is 19.9. The number of hydrogen-bond acceptors (Lipinski definition) is 3. The molecule has 5 nitrogen and oxygen atoms in total. The lowest BCUT2D eigenvalue weighted by Gasteiger charge is -2.23. The van der Waals surface area contributed by atoms with E-state index in [4.69, 9.17) is 16.3 Å². The van der Waals surface area contributed by atoms with Crippen LogP contribution in [0, 0.1) is 6.92 Å². The summed E-state index contributed by atoms with van der Waals surface area (Å²) in [7, 11) is 0. The third-order valence-electron chi connectivity index (χ3n) is 4.82. The highest BCUT2D eigenvalue weighted by molar-refractivity contribution is 6.31. The van der Waals surface area contributed by atoms with Gasteiger partial charge in [0.05, 0.1) is 12.2 Å². The summed E-state index contributed by atoms with van der Waals surface area (Å²) in [5, 5.41) is 3.41. The van der Waals surface area contributed by atoms with Crippen LogP contribution >= 0.6 is 11.6 Å². The molecule has 2 aromatic rings. The van der Waals surface area contributed by atoms with E-state index >= 15 is 0 Å². The maximum absolute atomic E-state index is 13.0. The number of hydrogen-bond donors (Lipinski definition) is 1. The van der Waals surface area contributed by atoms with Gasteiger partial charge in [0.1, 0.15) is 5.75 Å². The lowest BCUT2D eigenvalue weighted by atomic mass is 10.1. The van der Waals surface area contributed by atoms with E-state index in [-0.39, 0.29) is 11.8 Å².